The lowest BCUT2D eigenvalue weighted by Crippen LogP contribution is -2.46. The summed E-state index contributed by atoms with van der Waals surface area (Å²) in [6.07, 6.45) is 4.39. The number of carbonyl (C=O) groups is 3. The summed E-state index contributed by atoms with van der Waals surface area (Å²) in [6, 6.07) is 27.6. The molecule has 3 amide bonds. The molecule has 6 rings (SSSR count). The summed E-state index contributed by atoms with van der Waals surface area (Å²) in [6.45, 7) is 1.84. The first-order valence-electron chi connectivity index (χ1n) is 16.0. The average molecular weight is 661 g/mol. The summed E-state index contributed by atoms with van der Waals surface area (Å²) in [7, 11) is 0. The number of nitro groups is 1. The molecule has 0 saturated heterocycles. The van der Waals surface area contributed by atoms with Crippen molar-refractivity contribution in [2.75, 3.05) is 16.4 Å². The van der Waals surface area contributed by atoms with Crippen LogP contribution in [-0.2, 0) is 39.5 Å². The number of nitrogens with zero attached hydrogens (tertiary/aromatic N) is 4. The number of para-hydroxylation sites is 1. The molecule has 0 fully saturated rings. The number of non-ortho nitro benzene ring substituents is 1. The molecule has 0 spiro atoms. The first-order chi connectivity index (χ1) is 23.6. The minimum Gasteiger partial charge on any atom is -0.394 e. The van der Waals surface area contributed by atoms with Crippen molar-refractivity contribution < 1.29 is 29.5 Å². The van der Waals surface area contributed by atoms with Gasteiger partial charge in [-0.25, -0.2) is 0 Å². The number of fused-ring (bicyclic) bond motifs is 2. The van der Waals surface area contributed by atoms with E-state index in [4.69, 9.17) is 0 Å². The summed E-state index contributed by atoms with van der Waals surface area (Å²) in [5.74, 6) is -1.75. The van der Waals surface area contributed by atoms with Crippen LogP contribution in [0.4, 0.5) is 22.7 Å². The van der Waals surface area contributed by atoms with Crippen molar-refractivity contribution in [1.82, 2.24) is 4.90 Å². The predicted octanol–water partition coefficient (Wildman–Crippen LogP) is 5.15. The van der Waals surface area contributed by atoms with E-state index in [0.29, 0.717) is 42.0 Å². The topological polar surface area (TPSA) is 145 Å². The maximum atomic E-state index is 14.2. The quantitative estimate of drug-likeness (QED) is 0.0980. The van der Waals surface area contributed by atoms with Crippen LogP contribution in [0.2, 0.25) is 0 Å². The summed E-state index contributed by atoms with van der Waals surface area (Å²) in [5.41, 5.74) is 2.01. The second-order valence-corrected chi connectivity index (χ2v) is 12.3. The molecule has 4 aromatic carbocycles. The predicted molar refractivity (Wildman–Crippen MR) is 184 cm³/mol. The Morgan fingerprint density at radius 3 is 2.45 bits per heavy atom. The third-order valence-electron chi connectivity index (χ3n) is 9.40. The van der Waals surface area contributed by atoms with Crippen LogP contribution in [0.3, 0.4) is 0 Å². The van der Waals surface area contributed by atoms with Crippen molar-refractivity contribution in [3.8, 4) is 0 Å². The molecule has 4 aromatic rings. The van der Waals surface area contributed by atoms with Crippen molar-refractivity contribution >= 4 is 41.0 Å². The third-order valence-corrected chi connectivity index (χ3v) is 9.40. The maximum Gasteiger partial charge on any atom is 0.269 e. The van der Waals surface area contributed by atoms with Gasteiger partial charge in [-0.15, -0.1) is 0 Å². The van der Waals surface area contributed by atoms with E-state index in [9.17, 15) is 34.7 Å². The van der Waals surface area contributed by atoms with Crippen molar-refractivity contribution in [2.24, 2.45) is 5.92 Å². The lowest BCUT2D eigenvalue weighted by Gasteiger charge is -2.36. The smallest absolute Gasteiger partial charge is 0.269 e. The largest absolute Gasteiger partial charge is 0.394 e. The van der Waals surface area contributed by atoms with E-state index in [-0.39, 0.29) is 42.8 Å². The van der Waals surface area contributed by atoms with Gasteiger partial charge < -0.3 is 20.0 Å². The molecular weight excluding hydrogens is 624 g/mol. The number of benzene rings is 4. The number of hydrogen-bond acceptors (Lipinski definition) is 7. The van der Waals surface area contributed by atoms with Gasteiger partial charge in [0.1, 0.15) is 0 Å². The van der Waals surface area contributed by atoms with Gasteiger partial charge in [-0.05, 0) is 53.4 Å². The van der Waals surface area contributed by atoms with Crippen LogP contribution in [-0.4, -0.2) is 50.9 Å². The number of aliphatic hydroxyl groups excluding tert-OH is 1. The van der Waals surface area contributed by atoms with Gasteiger partial charge in [-0.1, -0.05) is 73.7 Å². The van der Waals surface area contributed by atoms with Crippen LogP contribution in [0.25, 0.3) is 0 Å². The fourth-order valence-corrected chi connectivity index (χ4v) is 6.72. The number of carbonyl (C=O) groups excluding carboxylic acids is 3. The van der Waals surface area contributed by atoms with Crippen LogP contribution in [0.15, 0.2) is 109 Å². The molecule has 250 valence electrons. The van der Waals surface area contributed by atoms with Gasteiger partial charge in [0.15, 0.2) is 5.60 Å². The first kappa shape index (κ1) is 33.3. The van der Waals surface area contributed by atoms with Crippen molar-refractivity contribution in [2.45, 2.75) is 44.5 Å². The van der Waals surface area contributed by atoms with E-state index in [0.717, 1.165) is 11.1 Å². The Hall–Kier alpha value is -5.65. The van der Waals surface area contributed by atoms with Gasteiger partial charge in [-0.2, -0.15) is 0 Å². The minimum atomic E-state index is -2.16. The number of nitro benzene ring substituents is 1. The van der Waals surface area contributed by atoms with Gasteiger partial charge in [0.2, 0.25) is 12.3 Å². The molecular formula is C38H36N4O7. The fraction of sp³-hybridized carbons (Fsp3) is 0.237. The molecule has 11 nitrogen and oxygen atoms in total. The molecule has 11 heteroatoms. The highest BCUT2D eigenvalue weighted by Gasteiger charge is 2.53. The fourth-order valence-electron chi connectivity index (χ4n) is 6.72. The van der Waals surface area contributed by atoms with Crippen molar-refractivity contribution in [3.05, 3.63) is 142 Å². The van der Waals surface area contributed by atoms with Gasteiger partial charge >= 0.3 is 0 Å². The molecule has 2 heterocycles. The Kier molecular flexibility index (Phi) is 9.39. The number of hydrogen-bond donors (Lipinski definition) is 2. The van der Waals surface area contributed by atoms with Gasteiger partial charge in [0.05, 0.1) is 29.8 Å². The van der Waals surface area contributed by atoms with E-state index in [1.807, 2.05) is 42.5 Å². The molecule has 0 aliphatic carbocycles. The molecule has 0 aromatic heterocycles. The van der Waals surface area contributed by atoms with E-state index in [1.54, 1.807) is 60.4 Å². The van der Waals surface area contributed by atoms with Gasteiger partial charge in [0, 0.05) is 48.0 Å². The molecule has 3 atom stereocenters. The number of aliphatic hydroxyl groups is 2. The van der Waals surface area contributed by atoms with Crippen LogP contribution in [0.1, 0.15) is 35.6 Å². The molecule has 2 aliphatic rings. The van der Waals surface area contributed by atoms with E-state index in [1.165, 1.54) is 28.0 Å². The number of rotatable bonds is 11. The van der Waals surface area contributed by atoms with Crippen LogP contribution in [0, 0.1) is 16.0 Å². The zero-order valence-electron chi connectivity index (χ0n) is 26.9. The molecule has 49 heavy (non-hydrogen) atoms. The van der Waals surface area contributed by atoms with Gasteiger partial charge in [-0.3, -0.25) is 29.4 Å². The lowest BCUT2D eigenvalue weighted by molar-refractivity contribution is -0.385. The van der Waals surface area contributed by atoms with E-state index < -0.39 is 22.3 Å². The number of anilines is 3. The highest BCUT2D eigenvalue weighted by Crippen LogP contribution is 2.47. The molecule has 0 unspecified atom stereocenters. The summed E-state index contributed by atoms with van der Waals surface area (Å²) < 4.78 is 0. The zero-order chi connectivity index (χ0) is 34.7. The third kappa shape index (κ3) is 6.33. The molecule has 0 saturated carbocycles. The Morgan fingerprint density at radius 2 is 1.73 bits per heavy atom. The van der Waals surface area contributed by atoms with Crippen LogP contribution in [0.5, 0.6) is 0 Å². The van der Waals surface area contributed by atoms with Gasteiger partial charge in [0.25, 0.3) is 11.6 Å². The highest BCUT2D eigenvalue weighted by atomic mass is 16.6. The normalized spacial score (nSPS) is 19.0. The van der Waals surface area contributed by atoms with Crippen molar-refractivity contribution in [1.29, 1.82) is 0 Å². The zero-order valence-corrected chi connectivity index (χ0v) is 26.9. The average Bonchev–Trinajstić information content (AvgIpc) is 3.33. The summed E-state index contributed by atoms with van der Waals surface area (Å²) in [5, 5.41) is 33.8. The number of amides is 3. The molecule has 0 bridgehead atoms. The minimum absolute atomic E-state index is 0.0230. The Labute approximate surface area is 283 Å². The second-order valence-electron chi connectivity index (χ2n) is 12.3. The standard InChI is InChI=1S/C38H36N4O7/c1-26(9-7-16-36(45)39-23-29-12-6-5-11-28(29)20-33(39)24-43)38(47)34-21-32(42(48)49)17-18-35(34)40(37(38)46)22-27-10-8-15-31(19-27)41(25-44)30-13-3-2-4-14-30/h2-15,17-19,21,25-26,33,43,47H,16,20,22-24H2,1H3/b9-7+/t26-,33-,38+/m0/s1. The van der Waals surface area contributed by atoms with E-state index in [2.05, 4.69) is 0 Å². The maximum absolute atomic E-state index is 14.2. The Morgan fingerprint density at radius 1 is 1.02 bits per heavy atom. The Bertz CT molecular complexity index is 1930. The monoisotopic (exact) mass is 660 g/mol. The first-order valence-corrected chi connectivity index (χ1v) is 16.0. The SMILES string of the molecule is C[C@@H](/C=C/CC(=O)N1Cc2ccccc2C[C@H]1CO)[C@]1(O)C(=O)N(Cc2cccc(N(C=O)c3ccccc3)c2)c2ccc([N+](=O)[O-])cc21. The highest BCUT2D eigenvalue weighted by molar-refractivity contribution is 6.07. The van der Waals surface area contributed by atoms with Crippen LogP contribution >= 0.6 is 0 Å². The lowest BCUT2D eigenvalue weighted by atomic mass is 9.82. The molecule has 2 aliphatic heterocycles. The second kappa shape index (κ2) is 13.8. The van der Waals surface area contributed by atoms with Crippen LogP contribution < -0.4 is 9.80 Å². The van der Waals surface area contributed by atoms with E-state index >= 15 is 0 Å². The van der Waals surface area contributed by atoms with Crippen molar-refractivity contribution in [3.63, 3.8) is 0 Å². The molecule has 2 N–H and O–H groups in total. The summed E-state index contributed by atoms with van der Waals surface area (Å²) >= 11 is 0. The summed E-state index contributed by atoms with van der Waals surface area (Å²) in [4.78, 5) is 55.2. The molecule has 0 radical (unpaired) electrons. The Balaban J connectivity index is 1.25.